The number of halogens is 1. The number of rotatable bonds is 3. The molecule has 1 aliphatic heterocycles. The Bertz CT molecular complexity index is 587. The number of nitrogens with zero attached hydrogens (tertiary/aromatic N) is 1. The summed E-state index contributed by atoms with van der Waals surface area (Å²) < 4.78 is 4.63. The number of hydrogen-bond acceptors (Lipinski definition) is 1. The van der Waals surface area contributed by atoms with E-state index in [2.05, 4.69) is 85.8 Å². The van der Waals surface area contributed by atoms with E-state index in [0.717, 1.165) is 0 Å². The summed E-state index contributed by atoms with van der Waals surface area (Å²) in [7, 11) is 0. The molecule has 0 bridgehead atoms. The molecule has 0 unspecified atom stereocenters. The van der Waals surface area contributed by atoms with Gasteiger partial charge in [0.15, 0.2) is 0 Å². The van der Waals surface area contributed by atoms with Crippen LogP contribution in [0.5, 0.6) is 0 Å². The number of anilines is 2. The van der Waals surface area contributed by atoms with E-state index in [9.17, 15) is 0 Å². The van der Waals surface area contributed by atoms with Gasteiger partial charge in [-0.05, 0) is 38.4 Å². The zero-order valence-electron chi connectivity index (χ0n) is 10.4. The summed E-state index contributed by atoms with van der Waals surface area (Å²) in [6, 6.07) is 21.0. The molecule has 0 aromatic heterocycles. The molecule has 2 heteroatoms. The van der Waals surface area contributed by atoms with E-state index in [1.165, 1.54) is 17.1 Å². The molecule has 1 heterocycles. The van der Waals surface area contributed by atoms with Gasteiger partial charge in [-0.25, -0.2) is 0 Å². The first-order valence-corrected chi connectivity index (χ1v) is 8.66. The van der Waals surface area contributed by atoms with Gasteiger partial charge in [0.25, 0.3) is 0 Å². The predicted octanol–water partition coefficient (Wildman–Crippen LogP) is 5.01. The van der Waals surface area contributed by atoms with E-state index in [-0.39, 0.29) is 20.7 Å². The second-order valence-corrected chi connectivity index (χ2v) is 6.21. The van der Waals surface area contributed by atoms with E-state index in [4.69, 9.17) is 0 Å². The average molecular weight is 359 g/mol. The summed E-state index contributed by atoms with van der Waals surface area (Å²) in [5.41, 5.74) is 3.68. The molecule has 19 heavy (non-hydrogen) atoms. The van der Waals surface area contributed by atoms with Crippen molar-refractivity contribution >= 4 is 36.1 Å². The highest BCUT2D eigenvalue weighted by molar-refractivity contribution is 14.2. The smallest absolute Gasteiger partial charge is 0.0518 e. The van der Waals surface area contributed by atoms with Crippen LogP contribution >= 0.6 is 20.7 Å². The van der Waals surface area contributed by atoms with Crippen molar-refractivity contribution in [1.29, 1.82) is 0 Å². The minimum absolute atomic E-state index is 0.0416. The number of benzene rings is 2. The van der Waals surface area contributed by atoms with Crippen molar-refractivity contribution in [2.75, 3.05) is 4.90 Å². The summed E-state index contributed by atoms with van der Waals surface area (Å²) in [5, 5.41) is 0. The number of allylic oxidation sites excluding steroid dienone is 2. The molecule has 1 aliphatic rings. The van der Waals surface area contributed by atoms with Crippen molar-refractivity contribution in [3.63, 3.8) is 0 Å². The van der Waals surface area contributed by atoms with Gasteiger partial charge in [0, 0.05) is 11.4 Å². The Morgan fingerprint density at radius 2 is 1.32 bits per heavy atom. The standard InChI is InChI=1S/C17H14IN/c1-3-8-15(9-4-1)19(16-10-5-2-6-11-16)17-12-7-13-18-14-17/h1-14H. The highest BCUT2D eigenvalue weighted by atomic mass is 127. The van der Waals surface area contributed by atoms with Crippen molar-refractivity contribution in [1.82, 2.24) is 0 Å². The monoisotopic (exact) mass is 359 g/mol. The summed E-state index contributed by atoms with van der Waals surface area (Å²) in [4.78, 5) is 2.31. The average Bonchev–Trinajstić information content (AvgIpc) is 2.51. The molecule has 1 nitrogen and oxygen atoms in total. The van der Waals surface area contributed by atoms with Gasteiger partial charge in [0.05, 0.1) is 5.70 Å². The molecular weight excluding hydrogens is 345 g/mol. The fourth-order valence-corrected chi connectivity index (χ4v) is 3.55. The van der Waals surface area contributed by atoms with Crippen molar-refractivity contribution < 1.29 is 0 Å². The maximum atomic E-state index is 2.36. The topological polar surface area (TPSA) is 3.24 Å². The van der Waals surface area contributed by atoms with E-state index in [1.54, 1.807) is 0 Å². The second kappa shape index (κ2) is 5.97. The summed E-state index contributed by atoms with van der Waals surface area (Å²) in [6.45, 7) is 0. The van der Waals surface area contributed by atoms with Crippen LogP contribution in [0.15, 0.2) is 82.6 Å². The molecule has 2 aromatic carbocycles. The third kappa shape index (κ3) is 2.84. The first kappa shape index (κ1) is 12.4. The highest BCUT2D eigenvalue weighted by Gasteiger charge is 2.12. The zero-order valence-corrected chi connectivity index (χ0v) is 12.6. The SMILES string of the molecule is C1=CC(N(c2ccccc2)c2ccccc2)=CI=C1. The molecule has 3 rings (SSSR count). The molecule has 0 N–H and O–H groups in total. The molecular formula is C17H14IN. The van der Waals surface area contributed by atoms with Gasteiger partial charge in [-0.1, -0.05) is 63.2 Å². The normalized spacial score (nSPS) is 13.6. The third-order valence-corrected chi connectivity index (χ3v) is 4.70. The van der Waals surface area contributed by atoms with E-state index in [0.29, 0.717) is 0 Å². The van der Waals surface area contributed by atoms with E-state index in [1.807, 2.05) is 0 Å². The lowest BCUT2D eigenvalue weighted by molar-refractivity contribution is 1.22. The van der Waals surface area contributed by atoms with Crippen LogP contribution in [-0.4, -0.2) is 4.01 Å². The number of para-hydroxylation sites is 2. The second-order valence-electron chi connectivity index (χ2n) is 4.15. The highest BCUT2D eigenvalue weighted by Crippen LogP contribution is 2.31. The molecule has 0 fully saturated rings. The van der Waals surface area contributed by atoms with Gasteiger partial charge in [-0.3, -0.25) is 0 Å². The molecule has 0 saturated carbocycles. The zero-order chi connectivity index (χ0) is 12.9. The minimum atomic E-state index is 0.0416. The van der Waals surface area contributed by atoms with Crippen LogP contribution in [0.4, 0.5) is 11.4 Å². The largest absolute Gasteiger partial charge is 0.310 e. The Morgan fingerprint density at radius 1 is 0.737 bits per heavy atom. The van der Waals surface area contributed by atoms with Crippen molar-refractivity contribution in [3.05, 3.63) is 82.6 Å². The van der Waals surface area contributed by atoms with Crippen molar-refractivity contribution in [2.45, 2.75) is 0 Å². The molecule has 0 spiro atoms. The Balaban J connectivity index is 2.09. The first-order chi connectivity index (χ1) is 9.45. The molecule has 0 saturated heterocycles. The van der Waals surface area contributed by atoms with Crippen LogP contribution in [0.1, 0.15) is 0 Å². The van der Waals surface area contributed by atoms with Crippen molar-refractivity contribution in [3.8, 4) is 0 Å². The Hall–Kier alpha value is -1.68. The Morgan fingerprint density at radius 3 is 1.79 bits per heavy atom. The minimum Gasteiger partial charge on any atom is -0.310 e. The Kier molecular flexibility index (Phi) is 3.89. The lowest BCUT2D eigenvalue weighted by Crippen LogP contribution is -2.15. The van der Waals surface area contributed by atoms with Gasteiger partial charge < -0.3 is 4.90 Å². The molecule has 0 atom stereocenters. The van der Waals surface area contributed by atoms with Gasteiger partial charge in [0.1, 0.15) is 0 Å². The lowest BCUT2D eigenvalue weighted by Gasteiger charge is -2.26. The third-order valence-electron chi connectivity index (χ3n) is 2.87. The quantitative estimate of drug-likeness (QED) is 0.697. The van der Waals surface area contributed by atoms with Crippen LogP contribution in [0.2, 0.25) is 0 Å². The Labute approximate surface area is 123 Å². The maximum absolute atomic E-state index is 2.36. The van der Waals surface area contributed by atoms with Gasteiger partial charge >= 0.3 is 0 Å². The van der Waals surface area contributed by atoms with Crippen LogP contribution in [0.3, 0.4) is 0 Å². The fourth-order valence-electron chi connectivity index (χ4n) is 2.04. The van der Waals surface area contributed by atoms with Gasteiger partial charge in [-0.2, -0.15) is 0 Å². The first-order valence-electron chi connectivity index (χ1n) is 6.17. The number of hydrogen-bond donors (Lipinski definition) is 0. The molecule has 0 amide bonds. The molecule has 0 radical (unpaired) electrons. The molecule has 94 valence electrons. The van der Waals surface area contributed by atoms with Gasteiger partial charge in [0.2, 0.25) is 0 Å². The summed E-state index contributed by atoms with van der Waals surface area (Å²) >= 11 is 0.0416. The van der Waals surface area contributed by atoms with Crippen LogP contribution in [0, 0.1) is 0 Å². The van der Waals surface area contributed by atoms with Crippen LogP contribution < -0.4 is 4.90 Å². The molecule has 0 aliphatic carbocycles. The summed E-state index contributed by atoms with van der Waals surface area (Å²) in [6.07, 6.45) is 4.35. The maximum Gasteiger partial charge on any atom is 0.0518 e. The fraction of sp³-hybridized carbons (Fsp3) is 0. The van der Waals surface area contributed by atoms with Gasteiger partial charge in [-0.15, -0.1) is 0 Å². The van der Waals surface area contributed by atoms with Crippen molar-refractivity contribution in [2.24, 2.45) is 0 Å². The summed E-state index contributed by atoms with van der Waals surface area (Å²) in [5.74, 6) is 0. The lowest BCUT2D eigenvalue weighted by atomic mass is 10.2. The van der Waals surface area contributed by atoms with Crippen LogP contribution in [-0.2, 0) is 0 Å². The molecule has 2 aromatic rings. The van der Waals surface area contributed by atoms with E-state index >= 15 is 0 Å². The predicted molar refractivity (Wildman–Crippen MR) is 92.3 cm³/mol. The van der Waals surface area contributed by atoms with E-state index < -0.39 is 0 Å². The van der Waals surface area contributed by atoms with Crippen LogP contribution in [0.25, 0.3) is 0 Å².